The van der Waals surface area contributed by atoms with Crippen molar-refractivity contribution in [2.45, 2.75) is 19.3 Å². The fourth-order valence-corrected chi connectivity index (χ4v) is 4.31. The minimum Gasteiger partial charge on any atom is -0.508 e. The van der Waals surface area contributed by atoms with E-state index in [1.165, 1.54) is 0 Å². The van der Waals surface area contributed by atoms with E-state index in [4.69, 9.17) is 5.11 Å². The largest absolute Gasteiger partial charge is 0.508 e. The maximum atomic E-state index is 9.37. The van der Waals surface area contributed by atoms with E-state index in [9.17, 15) is 15.3 Å². The van der Waals surface area contributed by atoms with Crippen molar-refractivity contribution < 1.29 is 20.4 Å². The molecule has 0 heterocycles. The fraction of sp³-hybridized carbons (Fsp3) is 0.0857. The minimum absolute atomic E-state index is 0.151. The van der Waals surface area contributed by atoms with Crippen LogP contribution in [0.1, 0.15) is 25.0 Å². The van der Waals surface area contributed by atoms with Crippen molar-refractivity contribution in [3.8, 4) is 23.0 Å². The van der Waals surface area contributed by atoms with Crippen molar-refractivity contribution in [2.24, 2.45) is 0 Å². The summed E-state index contributed by atoms with van der Waals surface area (Å²) in [6.07, 6.45) is 0. The summed E-state index contributed by atoms with van der Waals surface area (Å²) < 4.78 is 0. The predicted molar refractivity (Wildman–Crippen MR) is 160 cm³/mol. The van der Waals surface area contributed by atoms with E-state index in [2.05, 4.69) is 13.8 Å². The first kappa shape index (κ1) is 27.1. The summed E-state index contributed by atoms with van der Waals surface area (Å²) in [6, 6.07) is 41.0. The van der Waals surface area contributed by atoms with E-state index < -0.39 is 0 Å². The van der Waals surface area contributed by atoms with Crippen LogP contribution in [0.25, 0.3) is 21.5 Å². The van der Waals surface area contributed by atoms with E-state index in [1.54, 1.807) is 42.5 Å². The molecular weight excluding hydrogens is 484 g/mol. The Hall–Kier alpha value is -4.96. The van der Waals surface area contributed by atoms with Crippen molar-refractivity contribution in [2.75, 3.05) is 0 Å². The zero-order valence-electron chi connectivity index (χ0n) is 22.0. The predicted octanol–water partition coefficient (Wildman–Crippen LogP) is 8.51. The number of rotatable bonds is 2. The normalized spacial score (nSPS) is 10.7. The number of phenolic OH excluding ortho intramolecular Hbond substituents is 4. The van der Waals surface area contributed by atoms with E-state index in [0.717, 1.165) is 32.7 Å². The Labute approximate surface area is 228 Å². The number of phenols is 4. The highest BCUT2D eigenvalue weighted by Crippen LogP contribution is 2.33. The van der Waals surface area contributed by atoms with Gasteiger partial charge in [-0.25, -0.2) is 0 Å². The molecule has 0 aliphatic rings. The van der Waals surface area contributed by atoms with Crippen LogP contribution in [0, 0.1) is 0 Å². The Morgan fingerprint density at radius 3 is 1.44 bits per heavy atom. The third-order valence-corrected chi connectivity index (χ3v) is 6.68. The van der Waals surface area contributed by atoms with Crippen LogP contribution >= 0.6 is 0 Å². The summed E-state index contributed by atoms with van der Waals surface area (Å²) in [5.41, 5.74) is 2.10. The third kappa shape index (κ3) is 6.88. The van der Waals surface area contributed by atoms with E-state index in [0.29, 0.717) is 11.5 Å². The molecule has 0 amide bonds. The lowest BCUT2D eigenvalue weighted by Crippen LogP contribution is -2.18. The molecule has 0 atom stereocenters. The van der Waals surface area contributed by atoms with Gasteiger partial charge in [0.15, 0.2) is 0 Å². The maximum absolute atomic E-state index is 9.37. The monoisotopic (exact) mass is 516 g/mol. The summed E-state index contributed by atoms with van der Waals surface area (Å²) in [5.74, 6) is 1.22. The molecule has 0 aromatic heterocycles. The lowest BCUT2D eigenvalue weighted by molar-refractivity contribution is 0.473. The second kappa shape index (κ2) is 12.1. The van der Waals surface area contributed by atoms with Crippen molar-refractivity contribution >= 4 is 21.5 Å². The first-order valence-electron chi connectivity index (χ1n) is 12.7. The van der Waals surface area contributed by atoms with Crippen LogP contribution < -0.4 is 0 Å². The smallest absolute Gasteiger partial charge is 0.123 e. The zero-order valence-corrected chi connectivity index (χ0v) is 22.0. The Kier molecular flexibility index (Phi) is 8.37. The Balaban J connectivity index is 0.000000141. The van der Waals surface area contributed by atoms with Gasteiger partial charge in [-0.15, -0.1) is 0 Å². The van der Waals surface area contributed by atoms with Crippen molar-refractivity contribution in [1.29, 1.82) is 0 Å². The number of hydrogen-bond acceptors (Lipinski definition) is 4. The van der Waals surface area contributed by atoms with Crippen LogP contribution in [0.5, 0.6) is 23.0 Å². The highest BCUT2D eigenvalue weighted by atomic mass is 16.3. The van der Waals surface area contributed by atoms with Gasteiger partial charge < -0.3 is 20.4 Å². The minimum atomic E-state index is -0.151. The zero-order chi connectivity index (χ0) is 27.8. The highest BCUT2D eigenvalue weighted by Gasteiger charge is 2.22. The van der Waals surface area contributed by atoms with Gasteiger partial charge in [-0.3, -0.25) is 0 Å². The second-order valence-corrected chi connectivity index (χ2v) is 9.75. The molecule has 0 aliphatic carbocycles. The molecule has 6 aromatic rings. The van der Waals surface area contributed by atoms with Gasteiger partial charge in [0.1, 0.15) is 23.0 Å². The molecule has 4 nitrogen and oxygen atoms in total. The van der Waals surface area contributed by atoms with Gasteiger partial charge in [-0.2, -0.15) is 0 Å². The third-order valence-electron chi connectivity index (χ3n) is 6.68. The average molecular weight is 517 g/mol. The molecule has 4 heteroatoms. The van der Waals surface area contributed by atoms with Gasteiger partial charge in [0.05, 0.1) is 0 Å². The van der Waals surface area contributed by atoms with Crippen molar-refractivity contribution in [1.82, 2.24) is 0 Å². The lowest BCUT2D eigenvalue weighted by Gasteiger charge is -2.26. The number of hydrogen-bond donors (Lipinski definition) is 4. The van der Waals surface area contributed by atoms with Gasteiger partial charge in [0, 0.05) is 10.8 Å². The van der Waals surface area contributed by atoms with Gasteiger partial charge in [-0.1, -0.05) is 105 Å². The molecule has 6 rings (SSSR count). The number of aromatic hydroxyl groups is 4. The van der Waals surface area contributed by atoms with E-state index >= 15 is 0 Å². The summed E-state index contributed by atoms with van der Waals surface area (Å²) in [4.78, 5) is 0. The summed E-state index contributed by atoms with van der Waals surface area (Å²) in [7, 11) is 0. The molecule has 39 heavy (non-hydrogen) atoms. The van der Waals surface area contributed by atoms with Gasteiger partial charge in [0.2, 0.25) is 0 Å². The topological polar surface area (TPSA) is 80.9 Å². The van der Waals surface area contributed by atoms with Crippen LogP contribution in [-0.4, -0.2) is 20.4 Å². The van der Waals surface area contributed by atoms with Crippen LogP contribution in [0.2, 0.25) is 0 Å². The van der Waals surface area contributed by atoms with Gasteiger partial charge >= 0.3 is 0 Å². The molecule has 0 unspecified atom stereocenters. The lowest BCUT2D eigenvalue weighted by atomic mass is 9.78. The Morgan fingerprint density at radius 2 is 0.872 bits per heavy atom. The summed E-state index contributed by atoms with van der Waals surface area (Å²) in [5, 5.41) is 41.3. The maximum Gasteiger partial charge on any atom is 0.123 e. The fourth-order valence-electron chi connectivity index (χ4n) is 4.31. The van der Waals surface area contributed by atoms with Crippen LogP contribution in [0.4, 0.5) is 0 Å². The van der Waals surface area contributed by atoms with Crippen molar-refractivity contribution in [3.63, 3.8) is 0 Å². The average Bonchev–Trinajstić information content (AvgIpc) is 2.94. The summed E-state index contributed by atoms with van der Waals surface area (Å²) in [6.45, 7) is 4.23. The number of fused-ring (bicyclic) bond motifs is 2. The molecule has 0 aliphatic heterocycles. The van der Waals surface area contributed by atoms with E-state index in [1.807, 2.05) is 91.0 Å². The molecule has 0 saturated heterocycles. The second-order valence-electron chi connectivity index (χ2n) is 9.75. The quantitative estimate of drug-likeness (QED) is 0.186. The van der Waals surface area contributed by atoms with Crippen LogP contribution in [0.3, 0.4) is 0 Å². The van der Waals surface area contributed by atoms with E-state index in [-0.39, 0.29) is 16.9 Å². The molecule has 4 N–H and O–H groups in total. The first-order chi connectivity index (χ1) is 18.7. The first-order valence-corrected chi connectivity index (χ1v) is 12.7. The molecule has 0 fully saturated rings. The van der Waals surface area contributed by atoms with Gasteiger partial charge in [0.25, 0.3) is 0 Å². The Bertz CT molecular complexity index is 1590. The number of benzene rings is 6. The molecule has 0 bridgehead atoms. The van der Waals surface area contributed by atoms with Crippen LogP contribution in [0.15, 0.2) is 133 Å². The molecule has 0 saturated carbocycles. The standard InChI is InChI=1S/C15H16O2.2C10H8O/c1-15(2,11-3-7-13(16)8-4-11)12-5-9-14(17)10-6-12;11-10-7-3-5-8-4-1-2-6-9(8)10;11-10-6-5-8-3-1-2-4-9(8)7-10/h3-10,16-17H,1-2H3;2*1-7,11H. The summed E-state index contributed by atoms with van der Waals surface area (Å²) >= 11 is 0. The molecule has 196 valence electrons. The van der Waals surface area contributed by atoms with Crippen LogP contribution in [-0.2, 0) is 5.41 Å². The molecule has 0 radical (unpaired) electrons. The Morgan fingerprint density at radius 1 is 0.410 bits per heavy atom. The molecule has 6 aromatic carbocycles. The molecular formula is C35H32O4. The molecule has 0 spiro atoms. The SMILES string of the molecule is CC(C)(c1ccc(O)cc1)c1ccc(O)cc1.Oc1ccc2ccccc2c1.Oc1cccc2ccccc12. The van der Waals surface area contributed by atoms with Gasteiger partial charge in [-0.05, 0) is 69.8 Å². The van der Waals surface area contributed by atoms with Crippen molar-refractivity contribution in [3.05, 3.63) is 145 Å². The highest BCUT2D eigenvalue weighted by molar-refractivity contribution is 5.87.